The van der Waals surface area contributed by atoms with Crippen LogP contribution >= 0.6 is 0 Å². The average Bonchev–Trinajstić information content (AvgIpc) is 2.36. The van der Waals surface area contributed by atoms with E-state index in [0.29, 0.717) is 0 Å². The van der Waals surface area contributed by atoms with Crippen molar-refractivity contribution < 1.29 is 0 Å². The minimum absolute atomic E-state index is 1.06. The lowest BCUT2D eigenvalue weighted by molar-refractivity contribution is 1.16. The molecule has 0 fully saturated rings. The average molecular weight is 209 g/mol. The van der Waals surface area contributed by atoms with Crippen molar-refractivity contribution in [1.29, 1.82) is 0 Å². The van der Waals surface area contributed by atoms with Gasteiger partial charge in [-0.3, -0.25) is 0 Å². The summed E-state index contributed by atoms with van der Waals surface area (Å²) in [5.74, 6) is 2.89. The molecule has 0 bridgehead atoms. The van der Waals surface area contributed by atoms with Crippen LogP contribution in [0.2, 0.25) is 0 Å². The van der Waals surface area contributed by atoms with Gasteiger partial charge in [-0.25, -0.2) is 4.99 Å². The van der Waals surface area contributed by atoms with Crippen LogP contribution in [-0.4, -0.2) is 12.9 Å². The highest BCUT2D eigenvalue weighted by Crippen LogP contribution is 2.23. The van der Waals surface area contributed by atoms with Crippen molar-refractivity contribution in [2.24, 2.45) is 4.99 Å². The topological polar surface area (TPSA) is 12.4 Å². The van der Waals surface area contributed by atoms with Crippen molar-refractivity contribution in [3.63, 3.8) is 0 Å². The maximum absolute atomic E-state index is 3.87. The fourth-order valence-corrected chi connectivity index (χ4v) is 1.95. The lowest BCUT2D eigenvalue weighted by Crippen LogP contribution is -1.86. The zero-order valence-electron chi connectivity index (χ0n) is 9.70. The van der Waals surface area contributed by atoms with Crippen LogP contribution < -0.4 is 0 Å². The van der Waals surface area contributed by atoms with Crippen LogP contribution in [0, 0.1) is 0 Å². The molecule has 80 valence electrons. The van der Waals surface area contributed by atoms with E-state index < -0.39 is 0 Å². The summed E-state index contributed by atoms with van der Waals surface area (Å²) < 4.78 is 0. The third kappa shape index (κ3) is 1.91. The van der Waals surface area contributed by atoms with Gasteiger partial charge in [0.1, 0.15) is 0 Å². The van der Waals surface area contributed by atoms with Crippen LogP contribution in [0.3, 0.4) is 0 Å². The van der Waals surface area contributed by atoms with E-state index in [1.165, 1.54) is 21.9 Å². The number of rotatable bonds is 2. The summed E-state index contributed by atoms with van der Waals surface area (Å²) in [5, 5.41) is 2.61. The van der Waals surface area contributed by atoms with E-state index in [9.17, 15) is 0 Å². The molecular weight excluding hydrogens is 194 g/mol. The van der Waals surface area contributed by atoms with E-state index >= 15 is 0 Å². The summed E-state index contributed by atoms with van der Waals surface area (Å²) in [5.41, 5.74) is 2.57. The van der Waals surface area contributed by atoms with E-state index in [0.717, 1.165) is 6.42 Å². The van der Waals surface area contributed by atoms with Crippen LogP contribution in [0.25, 0.3) is 16.8 Å². The number of hydrogen-bond donors (Lipinski definition) is 0. The fourth-order valence-electron chi connectivity index (χ4n) is 1.95. The van der Waals surface area contributed by atoms with Gasteiger partial charge in [-0.2, -0.15) is 0 Å². The van der Waals surface area contributed by atoms with Crippen molar-refractivity contribution in [3.8, 4) is 0 Å². The molecule has 16 heavy (non-hydrogen) atoms. The lowest BCUT2D eigenvalue weighted by atomic mass is 9.98. The Balaban J connectivity index is 2.74. The zero-order chi connectivity index (χ0) is 11.4. The van der Waals surface area contributed by atoms with Gasteiger partial charge in [0, 0.05) is 13.1 Å². The molecule has 0 aliphatic rings. The Labute approximate surface area is 96.1 Å². The van der Waals surface area contributed by atoms with E-state index in [2.05, 4.69) is 54.2 Å². The Morgan fingerprint density at radius 1 is 1.12 bits per heavy atom. The fraction of sp³-hybridized carbons (Fsp3) is 0.200. The standard InChI is InChI=1S/C15H15N/c1-3-12-8-9-13(10-11-16-2)15-7-5-4-6-14(12)15/h4-10H,3H2,1-2H3. The van der Waals surface area contributed by atoms with Gasteiger partial charge in [-0.15, -0.1) is 0 Å². The van der Waals surface area contributed by atoms with Crippen LogP contribution in [0.1, 0.15) is 18.1 Å². The van der Waals surface area contributed by atoms with Gasteiger partial charge >= 0.3 is 0 Å². The molecule has 0 N–H and O–H groups in total. The largest absolute Gasteiger partial charge is 0.246 e. The van der Waals surface area contributed by atoms with E-state index in [1.54, 1.807) is 7.05 Å². The van der Waals surface area contributed by atoms with Crippen LogP contribution in [0.5, 0.6) is 0 Å². The number of hydrogen-bond acceptors (Lipinski definition) is 1. The molecule has 0 aliphatic heterocycles. The third-order valence-corrected chi connectivity index (χ3v) is 2.78. The van der Waals surface area contributed by atoms with Gasteiger partial charge in [0.05, 0.1) is 0 Å². The molecule has 2 aromatic rings. The van der Waals surface area contributed by atoms with Gasteiger partial charge in [-0.1, -0.05) is 43.3 Å². The number of fused-ring (bicyclic) bond motifs is 1. The molecule has 0 spiro atoms. The molecule has 2 aromatic carbocycles. The van der Waals surface area contributed by atoms with Gasteiger partial charge in [0.25, 0.3) is 0 Å². The predicted octanol–water partition coefficient (Wildman–Crippen LogP) is 3.71. The first kappa shape index (κ1) is 10.7. The molecule has 0 atom stereocenters. The Kier molecular flexibility index (Phi) is 3.19. The molecule has 0 radical (unpaired) electrons. The van der Waals surface area contributed by atoms with Crippen molar-refractivity contribution in [1.82, 2.24) is 0 Å². The normalized spacial score (nSPS) is 9.88. The highest BCUT2D eigenvalue weighted by Gasteiger charge is 2.01. The lowest BCUT2D eigenvalue weighted by Gasteiger charge is -2.06. The van der Waals surface area contributed by atoms with Gasteiger partial charge in [-0.05, 0) is 34.2 Å². The van der Waals surface area contributed by atoms with Gasteiger partial charge in [0.15, 0.2) is 0 Å². The Bertz CT molecular complexity index is 561. The Morgan fingerprint density at radius 3 is 2.56 bits per heavy atom. The molecule has 0 saturated heterocycles. The molecule has 0 saturated carbocycles. The van der Waals surface area contributed by atoms with E-state index in [-0.39, 0.29) is 0 Å². The van der Waals surface area contributed by atoms with Crippen molar-refractivity contribution in [3.05, 3.63) is 47.5 Å². The first-order valence-electron chi connectivity index (χ1n) is 5.55. The Hall–Kier alpha value is -1.85. The van der Waals surface area contributed by atoms with Gasteiger partial charge < -0.3 is 0 Å². The van der Waals surface area contributed by atoms with Crippen LogP contribution in [0.4, 0.5) is 0 Å². The smallest absolute Gasteiger partial charge is 0.0372 e. The minimum atomic E-state index is 1.06. The van der Waals surface area contributed by atoms with Crippen molar-refractivity contribution in [2.45, 2.75) is 13.3 Å². The maximum Gasteiger partial charge on any atom is 0.0372 e. The molecule has 0 amide bonds. The predicted molar refractivity (Wildman–Crippen MR) is 71.1 cm³/mol. The molecule has 1 nitrogen and oxygen atoms in total. The molecule has 0 unspecified atom stereocenters. The number of aliphatic imine (C=N–C) groups is 1. The minimum Gasteiger partial charge on any atom is -0.246 e. The SMILES string of the molecule is CCc1ccc(C=C=NC)c2ccccc12. The summed E-state index contributed by atoms with van der Waals surface area (Å²) in [4.78, 5) is 3.87. The van der Waals surface area contributed by atoms with Crippen molar-refractivity contribution >= 4 is 22.7 Å². The molecule has 0 aromatic heterocycles. The van der Waals surface area contributed by atoms with Crippen LogP contribution in [-0.2, 0) is 6.42 Å². The second-order valence-corrected chi connectivity index (χ2v) is 3.71. The molecule has 2 rings (SSSR count). The monoisotopic (exact) mass is 209 g/mol. The first-order valence-corrected chi connectivity index (χ1v) is 5.55. The zero-order valence-corrected chi connectivity index (χ0v) is 9.70. The van der Waals surface area contributed by atoms with Crippen molar-refractivity contribution in [2.75, 3.05) is 7.05 Å². The molecule has 0 aliphatic carbocycles. The van der Waals surface area contributed by atoms with E-state index in [4.69, 9.17) is 0 Å². The third-order valence-electron chi connectivity index (χ3n) is 2.78. The second-order valence-electron chi connectivity index (χ2n) is 3.71. The summed E-state index contributed by atoms with van der Waals surface area (Å²) in [6, 6.07) is 12.8. The van der Waals surface area contributed by atoms with E-state index in [1.807, 2.05) is 6.08 Å². The highest BCUT2D eigenvalue weighted by molar-refractivity contribution is 5.96. The Morgan fingerprint density at radius 2 is 1.88 bits per heavy atom. The number of nitrogens with zero attached hydrogens (tertiary/aromatic N) is 1. The number of aryl methyl sites for hydroxylation is 1. The number of benzene rings is 2. The maximum atomic E-state index is 3.87. The summed E-state index contributed by atoms with van der Waals surface area (Å²) in [7, 11) is 1.74. The van der Waals surface area contributed by atoms with Gasteiger partial charge in [0.2, 0.25) is 0 Å². The first-order chi connectivity index (χ1) is 7.86. The molecular formula is C15H15N. The molecule has 1 heteroatoms. The highest BCUT2D eigenvalue weighted by atomic mass is 14.6. The molecule has 0 heterocycles. The van der Waals surface area contributed by atoms with Crippen LogP contribution in [0.15, 0.2) is 41.4 Å². The summed E-state index contributed by atoms with van der Waals surface area (Å²) in [6.07, 6.45) is 2.99. The second kappa shape index (κ2) is 4.78. The summed E-state index contributed by atoms with van der Waals surface area (Å²) in [6.45, 7) is 2.19. The summed E-state index contributed by atoms with van der Waals surface area (Å²) >= 11 is 0. The quantitative estimate of drug-likeness (QED) is 0.668.